The number of benzene rings is 2. The SMILES string of the molecule is CC(C)OC(=O)c1cccc(NC2=C(Cl)C(=O)N(c3cc(C(F)(F)F)ccc3Cl)C2=O)c1. The zero-order valence-electron chi connectivity index (χ0n) is 16.6. The van der Waals surface area contributed by atoms with Gasteiger partial charge in [-0.05, 0) is 50.2 Å². The summed E-state index contributed by atoms with van der Waals surface area (Å²) in [5.41, 5.74) is -1.52. The summed E-state index contributed by atoms with van der Waals surface area (Å²) in [6.07, 6.45) is -5.06. The molecule has 3 rings (SSSR count). The molecule has 1 aliphatic heterocycles. The first-order valence-electron chi connectivity index (χ1n) is 9.13. The second kappa shape index (κ2) is 8.84. The highest BCUT2D eigenvalue weighted by molar-refractivity contribution is 6.53. The molecule has 0 saturated heterocycles. The minimum absolute atomic E-state index is 0.176. The molecule has 0 aromatic heterocycles. The van der Waals surface area contributed by atoms with Gasteiger partial charge in [0, 0.05) is 5.69 Å². The van der Waals surface area contributed by atoms with Crippen LogP contribution in [0.25, 0.3) is 0 Å². The van der Waals surface area contributed by atoms with E-state index in [1.807, 2.05) is 0 Å². The molecular weight excluding hydrogens is 472 g/mol. The van der Waals surface area contributed by atoms with E-state index in [-0.39, 0.29) is 28.1 Å². The van der Waals surface area contributed by atoms with Gasteiger partial charge in [0.1, 0.15) is 10.7 Å². The van der Waals surface area contributed by atoms with Crippen LogP contribution in [0, 0.1) is 0 Å². The van der Waals surface area contributed by atoms with Gasteiger partial charge in [-0.25, -0.2) is 9.69 Å². The largest absolute Gasteiger partial charge is 0.459 e. The summed E-state index contributed by atoms with van der Waals surface area (Å²) in [5.74, 6) is -2.65. The molecule has 0 unspecified atom stereocenters. The third kappa shape index (κ3) is 4.73. The number of anilines is 2. The van der Waals surface area contributed by atoms with E-state index in [1.54, 1.807) is 13.8 Å². The Bertz CT molecular complexity index is 1150. The Morgan fingerprint density at radius 2 is 1.75 bits per heavy atom. The quantitative estimate of drug-likeness (QED) is 0.454. The highest BCUT2D eigenvalue weighted by Crippen LogP contribution is 2.38. The van der Waals surface area contributed by atoms with E-state index in [2.05, 4.69) is 5.32 Å². The number of halogens is 5. The summed E-state index contributed by atoms with van der Waals surface area (Å²) >= 11 is 12.0. The number of imide groups is 1. The second-order valence-electron chi connectivity index (χ2n) is 6.96. The number of alkyl halides is 3. The number of hydrogen-bond donors (Lipinski definition) is 1. The van der Waals surface area contributed by atoms with Crippen LogP contribution in [0.4, 0.5) is 24.5 Å². The van der Waals surface area contributed by atoms with E-state index in [0.29, 0.717) is 11.0 Å². The summed E-state index contributed by atoms with van der Waals surface area (Å²) in [6, 6.07) is 8.13. The van der Waals surface area contributed by atoms with Crippen LogP contribution in [0.1, 0.15) is 29.8 Å². The third-order valence-electron chi connectivity index (χ3n) is 4.25. The number of rotatable bonds is 5. The van der Waals surface area contributed by atoms with Gasteiger partial charge in [0.05, 0.1) is 27.9 Å². The van der Waals surface area contributed by atoms with Gasteiger partial charge in [-0.15, -0.1) is 0 Å². The van der Waals surface area contributed by atoms with Crippen molar-refractivity contribution in [3.05, 3.63) is 69.3 Å². The number of hydrogen-bond acceptors (Lipinski definition) is 5. The average molecular weight is 487 g/mol. The Morgan fingerprint density at radius 3 is 2.38 bits per heavy atom. The van der Waals surface area contributed by atoms with E-state index >= 15 is 0 Å². The van der Waals surface area contributed by atoms with Crippen LogP contribution in [0.15, 0.2) is 53.2 Å². The van der Waals surface area contributed by atoms with Crippen LogP contribution in [0.2, 0.25) is 5.02 Å². The summed E-state index contributed by atoms with van der Waals surface area (Å²) in [4.78, 5) is 38.0. The number of carbonyl (C=O) groups excluding carboxylic acids is 3. The Balaban J connectivity index is 1.91. The maximum atomic E-state index is 13.1. The van der Waals surface area contributed by atoms with Gasteiger partial charge in [0.15, 0.2) is 0 Å². The van der Waals surface area contributed by atoms with Gasteiger partial charge < -0.3 is 10.1 Å². The number of carbonyl (C=O) groups is 3. The molecule has 1 N–H and O–H groups in total. The van der Waals surface area contributed by atoms with E-state index in [9.17, 15) is 27.6 Å². The van der Waals surface area contributed by atoms with Crippen LogP contribution in [-0.2, 0) is 20.5 Å². The van der Waals surface area contributed by atoms with Gasteiger partial charge in [0.25, 0.3) is 11.8 Å². The lowest BCUT2D eigenvalue weighted by molar-refractivity contribution is -0.137. The molecule has 0 radical (unpaired) electrons. The highest BCUT2D eigenvalue weighted by Gasteiger charge is 2.41. The van der Waals surface area contributed by atoms with Crippen LogP contribution in [0.3, 0.4) is 0 Å². The van der Waals surface area contributed by atoms with E-state index < -0.39 is 40.2 Å². The topological polar surface area (TPSA) is 75.7 Å². The molecule has 0 spiro atoms. The molecular formula is C21H15Cl2F3N2O4. The molecule has 11 heteroatoms. The van der Waals surface area contributed by atoms with E-state index in [4.69, 9.17) is 27.9 Å². The van der Waals surface area contributed by atoms with Gasteiger partial charge in [-0.3, -0.25) is 9.59 Å². The molecule has 0 atom stereocenters. The van der Waals surface area contributed by atoms with Crippen molar-refractivity contribution >= 4 is 52.4 Å². The lowest BCUT2D eigenvalue weighted by atomic mass is 10.1. The molecule has 2 aromatic carbocycles. The maximum Gasteiger partial charge on any atom is 0.416 e. The van der Waals surface area contributed by atoms with Crippen molar-refractivity contribution in [2.24, 2.45) is 0 Å². The zero-order chi connectivity index (χ0) is 23.8. The Morgan fingerprint density at radius 1 is 1.06 bits per heavy atom. The van der Waals surface area contributed by atoms with Crippen LogP contribution < -0.4 is 10.2 Å². The number of nitrogens with one attached hydrogen (secondary N) is 1. The van der Waals surface area contributed by atoms with Crippen LogP contribution in [0.5, 0.6) is 0 Å². The number of nitrogens with zero attached hydrogens (tertiary/aromatic N) is 1. The molecule has 6 nitrogen and oxygen atoms in total. The van der Waals surface area contributed by atoms with Gasteiger partial charge in [-0.1, -0.05) is 29.3 Å². The lowest BCUT2D eigenvalue weighted by Crippen LogP contribution is -2.32. The standard InChI is InChI=1S/C21H15Cl2F3N2O4/c1-10(2)32-20(31)11-4-3-5-13(8-11)27-17-16(23)18(29)28(19(17)30)15-9-12(21(24,25)26)6-7-14(15)22/h3-10,27H,1-2H3. The predicted octanol–water partition coefficient (Wildman–Crippen LogP) is 5.36. The van der Waals surface area contributed by atoms with E-state index in [0.717, 1.165) is 12.1 Å². The molecule has 0 fully saturated rings. The predicted molar refractivity (Wildman–Crippen MR) is 112 cm³/mol. The lowest BCUT2D eigenvalue weighted by Gasteiger charge is -2.18. The fraction of sp³-hybridized carbons (Fsp3) is 0.190. The van der Waals surface area contributed by atoms with Crippen LogP contribution >= 0.6 is 23.2 Å². The number of ether oxygens (including phenoxy) is 1. The van der Waals surface area contributed by atoms with Crippen molar-refractivity contribution in [2.75, 3.05) is 10.2 Å². The van der Waals surface area contributed by atoms with Crippen molar-refractivity contribution in [3.8, 4) is 0 Å². The van der Waals surface area contributed by atoms with E-state index in [1.165, 1.54) is 24.3 Å². The van der Waals surface area contributed by atoms with Gasteiger partial charge in [-0.2, -0.15) is 13.2 Å². The maximum absolute atomic E-state index is 13.1. The minimum atomic E-state index is -4.71. The average Bonchev–Trinajstić information content (AvgIpc) is 2.91. The van der Waals surface area contributed by atoms with Crippen molar-refractivity contribution in [1.82, 2.24) is 0 Å². The van der Waals surface area contributed by atoms with Crippen molar-refractivity contribution < 1.29 is 32.3 Å². The normalized spacial score (nSPS) is 14.4. The first-order chi connectivity index (χ1) is 14.9. The van der Waals surface area contributed by atoms with Crippen molar-refractivity contribution in [2.45, 2.75) is 26.1 Å². The Hall–Kier alpha value is -3.04. The Labute approximate surface area is 190 Å². The Kier molecular flexibility index (Phi) is 6.52. The third-order valence-corrected chi connectivity index (χ3v) is 4.92. The summed E-state index contributed by atoms with van der Waals surface area (Å²) in [5, 5.41) is 1.86. The number of esters is 1. The monoisotopic (exact) mass is 486 g/mol. The first kappa shape index (κ1) is 23.6. The molecule has 32 heavy (non-hydrogen) atoms. The molecule has 0 bridgehead atoms. The van der Waals surface area contributed by atoms with Gasteiger partial charge in [0.2, 0.25) is 0 Å². The summed E-state index contributed by atoms with van der Waals surface area (Å²) in [7, 11) is 0. The van der Waals surface area contributed by atoms with Crippen molar-refractivity contribution in [3.63, 3.8) is 0 Å². The smallest absolute Gasteiger partial charge is 0.416 e. The molecule has 168 valence electrons. The minimum Gasteiger partial charge on any atom is -0.459 e. The first-order valence-corrected chi connectivity index (χ1v) is 9.89. The summed E-state index contributed by atoms with van der Waals surface area (Å²) in [6.45, 7) is 3.36. The van der Waals surface area contributed by atoms with Crippen molar-refractivity contribution in [1.29, 1.82) is 0 Å². The fourth-order valence-electron chi connectivity index (χ4n) is 2.84. The zero-order valence-corrected chi connectivity index (χ0v) is 18.1. The van der Waals surface area contributed by atoms with Gasteiger partial charge >= 0.3 is 12.1 Å². The van der Waals surface area contributed by atoms with Crippen LogP contribution in [-0.4, -0.2) is 23.9 Å². The summed E-state index contributed by atoms with van der Waals surface area (Å²) < 4.78 is 44.4. The number of amides is 2. The second-order valence-corrected chi connectivity index (χ2v) is 7.74. The molecule has 0 aliphatic carbocycles. The molecule has 2 aromatic rings. The fourth-order valence-corrected chi connectivity index (χ4v) is 3.26. The molecule has 1 heterocycles. The highest BCUT2D eigenvalue weighted by atomic mass is 35.5. The molecule has 2 amide bonds. The molecule has 1 aliphatic rings. The molecule has 0 saturated carbocycles.